The van der Waals surface area contributed by atoms with Crippen molar-refractivity contribution in [3.05, 3.63) is 11.4 Å². The summed E-state index contributed by atoms with van der Waals surface area (Å²) in [4.78, 5) is 0. The SMILES string of the molecule is CC(C)c1c(CCl)nnn1CC(F)(F)F. The number of hydrogen-bond acceptors (Lipinski definition) is 2. The van der Waals surface area contributed by atoms with Crippen molar-refractivity contribution in [1.29, 1.82) is 0 Å². The highest BCUT2D eigenvalue weighted by Gasteiger charge is 2.31. The summed E-state index contributed by atoms with van der Waals surface area (Å²) in [7, 11) is 0. The van der Waals surface area contributed by atoms with E-state index in [4.69, 9.17) is 11.6 Å². The van der Waals surface area contributed by atoms with Gasteiger partial charge in [0.2, 0.25) is 0 Å². The molecule has 0 fully saturated rings. The summed E-state index contributed by atoms with van der Waals surface area (Å²) in [6, 6.07) is 0. The van der Waals surface area contributed by atoms with Crippen LogP contribution in [0.5, 0.6) is 0 Å². The van der Waals surface area contributed by atoms with E-state index >= 15 is 0 Å². The van der Waals surface area contributed by atoms with Crippen LogP contribution in [0.2, 0.25) is 0 Å². The second-order valence-electron chi connectivity index (χ2n) is 3.48. The Kier molecular flexibility index (Phi) is 3.59. The minimum absolute atomic E-state index is 0.0748. The molecule has 0 bridgehead atoms. The molecule has 0 amide bonds. The van der Waals surface area contributed by atoms with Gasteiger partial charge in [0.15, 0.2) is 0 Å². The van der Waals surface area contributed by atoms with Crippen molar-refractivity contribution in [3.8, 4) is 0 Å². The predicted molar refractivity (Wildman–Crippen MR) is 49.7 cm³/mol. The number of nitrogens with zero attached hydrogens (tertiary/aromatic N) is 3. The van der Waals surface area contributed by atoms with E-state index < -0.39 is 12.7 Å². The fourth-order valence-electron chi connectivity index (χ4n) is 1.37. The van der Waals surface area contributed by atoms with Crippen LogP contribution in [0.3, 0.4) is 0 Å². The average molecular weight is 242 g/mol. The molecule has 0 N–H and O–H groups in total. The molecule has 0 radical (unpaired) electrons. The highest BCUT2D eigenvalue weighted by atomic mass is 35.5. The molecule has 0 aliphatic carbocycles. The molecule has 3 nitrogen and oxygen atoms in total. The molecular formula is C8H11ClF3N3. The van der Waals surface area contributed by atoms with E-state index in [0.29, 0.717) is 11.4 Å². The van der Waals surface area contributed by atoms with Gasteiger partial charge in [-0.25, -0.2) is 4.68 Å². The first-order chi connectivity index (χ1) is 6.85. The van der Waals surface area contributed by atoms with E-state index in [1.807, 2.05) is 0 Å². The Bertz CT molecular complexity index is 332. The van der Waals surface area contributed by atoms with Crippen LogP contribution in [0.4, 0.5) is 13.2 Å². The molecular weight excluding hydrogens is 231 g/mol. The monoisotopic (exact) mass is 241 g/mol. The molecule has 0 unspecified atom stereocenters. The lowest BCUT2D eigenvalue weighted by Gasteiger charge is -2.12. The molecule has 1 aromatic rings. The van der Waals surface area contributed by atoms with Gasteiger partial charge in [0, 0.05) is 0 Å². The molecule has 1 rings (SSSR count). The smallest absolute Gasteiger partial charge is 0.240 e. The van der Waals surface area contributed by atoms with Crippen LogP contribution < -0.4 is 0 Å². The van der Waals surface area contributed by atoms with Gasteiger partial charge in [-0.3, -0.25) is 0 Å². The molecule has 0 saturated heterocycles. The minimum atomic E-state index is -4.29. The van der Waals surface area contributed by atoms with Gasteiger partial charge in [-0.2, -0.15) is 13.2 Å². The van der Waals surface area contributed by atoms with Gasteiger partial charge in [0.1, 0.15) is 12.2 Å². The number of alkyl halides is 4. The number of aromatic nitrogens is 3. The fourth-order valence-corrected chi connectivity index (χ4v) is 1.56. The summed E-state index contributed by atoms with van der Waals surface area (Å²) in [5.74, 6) is -0.0122. The van der Waals surface area contributed by atoms with Gasteiger partial charge in [0.25, 0.3) is 0 Å². The zero-order valence-corrected chi connectivity index (χ0v) is 9.10. The molecule has 86 valence electrons. The maximum absolute atomic E-state index is 12.2. The van der Waals surface area contributed by atoms with E-state index in [1.54, 1.807) is 13.8 Å². The van der Waals surface area contributed by atoms with Crippen molar-refractivity contribution in [2.75, 3.05) is 0 Å². The molecule has 1 heterocycles. The first-order valence-corrected chi connectivity index (χ1v) is 4.93. The molecule has 1 aromatic heterocycles. The van der Waals surface area contributed by atoms with Crippen molar-refractivity contribution in [1.82, 2.24) is 15.0 Å². The Morgan fingerprint density at radius 2 is 2.00 bits per heavy atom. The van der Waals surface area contributed by atoms with Crippen LogP contribution in [-0.2, 0) is 12.4 Å². The van der Waals surface area contributed by atoms with Gasteiger partial charge in [-0.05, 0) is 5.92 Å². The van der Waals surface area contributed by atoms with Crippen molar-refractivity contribution in [2.24, 2.45) is 0 Å². The summed E-state index contributed by atoms with van der Waals surface area (Å²) < 4.78 is 37.4. The number of hydrogen-bond donors (Lipinski definition) is 0. The van der Waals surface area contributed by atoms with Crippen LogP contribution >= 0.6 is 11.6 Å². The van der Waals surface area contributed by atoms with Crippen LogP contribution in [0, 0.1) is 0 Å². The van der Waals surface area contributed by atoms with Crippen molar-refractivity contribution in [3.63, 3.8) is 0 Å². The van der Waals surface area contributed by atoms with Crippen LogP contribution in [0.25, 0.3) is 0 Å². The van der Waals surface area contributed by atoms with Crippen molar-refractivity contribution < 1.29 is 13.2 Å². The van der Waals surface area contributed by atoms with E-state index in [-0.39, 0.29) is 11.8 Å². The molecule has 0 aliphatic heterocycles. The molecule has 0 aromatic carbocycles. The number of rotatable bonds is 3. The summed E-state index contributed by atoms with van der Waals surface area (Å²) in [6.07, 6.45) is -4.29. The Morgan fingerprint density at radius 1 is 1.40 bits per heavy atom. The maximum atomic E-state index is 12.2. The van der Waals surface area contributed by atoms with Gasteiger partial charge in [0.05, 0.1) is 11.6 Å². The van der Waals surface area contributed by atoms with E-state index in [9.17, 15) is 13.2 Å². The topological polar surface area (TPSA) is 30.7 Å². The lowest BCUT2D eigenvalue weighted by Crippen LogP contribution is -2.21. The molecule has 0 aliphatic rings. The second kappa shape index (κ2) is 4.38. The molecule has 7 heteroatoms. The van der Waals surface area contributed by atoms with Gasteiger partial charge in [-0.1, -0.05) is 19.1 Å². The Hall–Kier alpha value is -0.780. The van der Waals surface area contributed by atoms with Crippen molar-refractivity contribution >= 4 is 11.6 Å². The standard InChI is InChI=1S/C8H11ClF3N3/c1-5(2)7-6(3-9)13-14-15(7)4-8(10,11)12/h5H,3-4H2,1-2H3. The summed E-state index contributed by atoms with van der Waals surface area (Å²) in [5, 5.41) is 7.08. The van der Waals surface area contributed by atoms with Gasteiger partial charge >= 0.3 is 6.18 Å². The van der Waals surface area contributed by atoms with Crippen molar-refractivity contribution in [2.45, 2.75) is 38.4 Å². The largest absolute Gasteiger partial charge is 0.408 e. The molecule has 0 spiro atoms. The minimum Gasteiger partial charge on any atom is -0.240 e. The Balaban J connectivity index is 3.03. The van der Waals surface area contributed by atoms with E-state index in [0.717, 1.165) is 4.68 Å². The third-order valence-electron chi connectivity index (χ3n) is 1.85. The molecule has 15 heavy (non-hydrogen) atoms. The second-order valence-corrected chi connectivity index (χ2v) is 3.75. The Morgan fingerprint density at radius 3 is 2.40 bits per heavy atom. The summed E-state index contributed by atoms with van der Waals surface area (Å²) in [5.41, 5.74) is 0.859. The van der Waals surface area contributed by atoms with Gasteiger partial charge < -0.3 is 0 Å². The molecule has 0 atom stereocenters. The average Bonchev–Trinajstić information content (AvgIpc) is 2.44. The van der Waals surface area contributed by atoms with Gasteiger partial charge in [-0.15, -0.1) is 16.7 Å². The van der Waals surface area contributed by atoms with Crippen LogP contribution in [-0.4, -0.2) is 21.2 Å². The zero-order chi connectivity index (χ0) is 11.6. The number of halogens is 4. The zero-order valence-electron chi connectivity index (χ0n) is 8.35. The first kappa shape index (κ1) is 12.3. The highest BCUT2D eigenvalue weighted by Crippen LogP contribution is 2.23. The molecule has 0 saturated carbocycles. The van der Waals surface area contributed by atoms with Crippen LogP contribution in [0.15, 0.2) is 0 Å². The first-order valence-electron chi connectivity index (χ1n) is 4.40. The summed E-state index contributed by atoms with van der Waals surface area (Å²) >= 11 is 5.56. The van der Waals surface area contributed by atoms with Crippen LogP contribution in [0.1, 0.15) is 31.2 Å². The fraction of sp³-hybridized carbons (Fsp3) is 0.750. The highest BCUT2D eigenvalue weighted by molar-refractivity contribution is 6.16. The normalized spacial score (nSPS) is 12.5. The Labute approximate surface area is 90.2 Å². The predicted octanol–water partition coefficient (Wildman–Crippen LogP) is 2.70. The van der Waals surface area contributed by atoms with E-state index in [1.165, 1.54) is 0 Å². The quantitative estimate of drug-likeness (QED) is 0.762. The lowest BCUT2D eigenvalue weighted by atomic mass is 10.1. The third kappa shape index (κ3) is 3.09. The third-order valence-corrected chi connectivity index (χ3v) is 2.10. The lowest BCUT2D eigenvalue weighted by molar-refractivity contribution is -0.143. The maximum Gasteiger partial charge on any atom is 0.408 e. The van der Waals surface area contributed by atoms with E-state index in [2.05, 4.69) is 10.3 Å². The summed E-state index contributed by atoms with van der Waals surface area (Å²) in [6.45, 7) is 2.44.